The number of aromatic hydroxyl groups is 1. The van der Waals surface area contributed by atoms with Gasteiger partial charge in [0.1, 0.15) is 5.75 Å². The highest BCUT2D eigenvalue weighted by Crippen LogP contribution is 2.21. The van der Waals surface area contributed by atoms with E-state index in [0.717, 1.165) is 16.9 Å². The lowest BCUT2D eigenvalue weighted by Gasteiger charge is -2.17. The van der Waals surface area contributed by atoms with Gasteiger partial charge in [-0.05, 0) is 43.7 Å². The molecule has 1 heterocycles. The van der Waals surface area contributed by atoms with Crippen molar-refractivity contribution < 1.29 is 9.90 Å². The molecular formula is C14H16N2O2. The Bertz CT molecular complexity index is 570. The van der Waals surface area contributed by atoms with Crippen LogP contribution in [0.25, 0.3) is 0 Å². The second-order valence-electron chi connectivity index (χ2n) is 4.33. The summed E-state index contributed by atoms with van der Waals surface area (Å²) < 4.78 is 0. The molecule has 1 amide bonds. The Morgan fingerprint density at radius 3 is 2.33 bits per heavy atom. The zero-order valence-electron chi connectivity index (χ0n) is 10.7. The van der Waals surface area contributed by atoms with Crippen LogP contribution in [0.2, 0.25) is 0 Å². The molecule has 0 aliphatic carbocycles. The minimum Gasteiger partial charge on any atom is -0.508 e. The van der Waals surface area contributed by atoms with Crippen molar-refractivity contribution in [2.45, 2.75) is 13.8 Å². The maximum Gasteiger partial charge on any atom is 0.259 e. The number of aromatic nitrogens is 1. The van der Waals surface area contributed by atoms with Crippen molar-refractivity contribution in [1.82, 2.24) is 4.98 Å². The lowest BCUT2D eigenvalue weighted by molar-refractivity contribution is 0.0992. The van der Waals surface area contributed by atoms with E-state index in [1.165, 1.54) is 0 Å². The van der Waals surface area contributed by atoms with E-state index in [1.807, 2.05) is 13.8 Å². The van der Waals surface area contributed by atoms with Gasteiger partial charge in [-0.15, -0.1) is 0 Å². The quantitative estimate of drug-likeness (QED) is 0.853. The molecule has 4 nitrogen and oxygen atoms in total. The van der Waals surface area contributed by atoms with Gasteiger partial charge in [0.25, 0.3) is 5.91 Å². The molecule has 18 heavy (non-hydrogen) atoms. The van der Waals surface area contributed by atoms with Crippen LogP contribution < -0.4 is 4.90 Å². The summed E-state index contributed by atoms with van der Waals surface area (Å²) >= 11 is 0. The molecule has 2 rings (SSSR count). The zero-order chi connectivity index (χ0) is 13.3. The van der Waals surface area contributed by atoms with E-state index in [9.17, 15) is 9.90 Å². The lowest BCUT2D eigenvalue weighted by atomic mass is 10.1. The SMILES string of the molecule is Cc1[nH]cc(C(=O)N(C)c2ccc(O)cc2)c1C. The number of H-pyrrole nitrogens is 1. The number of benzene rings is 1. The van der Waals surface area contributed by atoms with Crippen molar-refractivity contribution in [2.24, 2.45) is 0 Å². The molecule has 0 unspecified atom stereocenters. The summed E-state index contributed by atoms with van der Waals surface area (Å²) in [6.07, 6.45) is 1.73. The molecule has 0 atom stereocenters. The Morgan fingerprint density at radius 2 is 1.83 bits per heavy atom. The first-order valence-electron chi connectivity index (χ1n) is 5.72. The molecule has 2 N–H and O–H groups in total. The molecule has 94 valence electrons. The number of aryl methyl sites for hydroxylation is 1. The van der Waals surface area contributed by atoms with Crippen LogP contribution in [-0.2, 0) is 0 Å². The van der Waals surface area contributed by atoms with E-state index < -0.39 is 0 Å². The molecule has 0 radical (unpaired) electrons. The van der Waals surface area contributed by atoms with E-state index in [-0.39, 0.29) is 11.7 Å². The monoisotopic (exact) mass is 244 g/mol. The van der Waals surface area contributed by atoms with E-state index in [1.54, 1.807) is 42.4 Å². The van der Waals surface area contributed by atoms with E-state index in [2.05, 4.69) is 4.98 Å². The number of nitrogens with zero attached hydrogens (tertiary/aromatic N) is 1. The number of hydrogen-bond acceptors (Lipinski definition) is 2. The molecule has 1 aromatic carbocycles. The van der Waals surface area contributed by atoms with Crippen molar-refractivity contribution in [3.05, 3.63) is 47.3 Å². The summed E-state index contributed by atoms with van der Waals surface area (Å²) in [4.78, 5) is 16.9. The van der Waals surface area contributed by atoms with Gasteiger partial charge in [0, 0.05) is 24.6 Å². The average molecular weight is 244 g/mol. The topological polar surface area (TPSA) is 56.3 Å². The number of nitrogens with one attached hydrogen (secondary N) is 1. The van der Waals surface area contributed by atoms with E-state index >= 15 is 0 Å². The summed E-state index contributed by atoms with van der Waals surface area (Å²) in [5.74, 6) is 0.121. The number of phenols is 1. The zero-order valence-corrected chi connectivity index (χ0v) is 10.7. The Hall–Kier alpha value is -2.23. The van der Waals surface area contributed by atoms with Crippen molar-refractivity contribution in [2.75, 3.05) is 11.9 Å². The van der Waals surface area contributed by atoms with E-state index in [4.69, 9.17) is 0 Å². The van der Waals surface area contributed by atoms with Crippen molar-refractivity contribution in [3.8, 4) is 5.75 Å². The highest BCUT2D eigenvalue weighted by Gasteiger charge is 2.17. The molecule has 0 spiro atoms. The first kappa shape index (κ1) is 12.2. The largest absolute Gasteiger partial charge is 0.508 e. The molecule has 0 saturated carbocycles. The molecular weight excluding hydrogens is 228 g/mol. The predicted octanol–water partition coefficient (Wildman–Crippen LogP) is 2.61. The van der Waals surface area contributed by atoms with Gasteiger partial charge in [-0.1, -0.05) is 0 Å². The van der Waals surface area contributed by atoms with Crippen LogP contribution in [0.5, 0.6) is 5.75 Å². The van der Waals surface area contributed by atoms with Gasteiger partial charge in [-0.2, -0.15) is 0 Å². The summed E-state index contributed by atoms with van der Waals surface area (Å²) in [5, 5.41) is 9.23. The predicted molar refractivity (Wildman–Crippen MR) is 71.1 cm³/mol. The van der Waals surface area contributed by atoms with Gasteiger partial charge in [0.05, 0.1) is 5.56 Å². The van der Waals surface area contributed by atoms with Crippen molar-refractivity contribution >= 4 is 11.6 Å². The van der Waals surface area contributed by atoms with Gasteiger partial charge in [-0.25, -0.2) is 0 Å². The second kappa shape index (κ2) is 4.56. The van der Waals surface area contributed by atoms with Crippen molar-refractivity contribution in [1.29, 1.82) is 0 Å². The summed E-state index contributed by atoms with van der Waals surface area (Å²) in [6, 6.07) is 6.55. The summed E-state index contributed by atoms with van der Waals surface area (Å²) in [6.45, 7) is 3.86. The third-order valence-corrected chi connectivity index (χ3v) is 3.17. The minimum atomic E-state index is -0.0671. The maximum atomic E-state index is 12.3. The molecule has 2 aromatic rings. The average Bonchev–Trinajstić information content (AvgIpc) is 2.69. The number of anilines is 1. The van der Waals surface area contributed by atoms with Gasteiger partial charge < -0.3 is 15.0 Å². The first-order valence-corrected chi connectivity index (χ1v) is 5.72. The van der Waals surface area contributed by atoms with Crippen LogP contribution in [0.3, 0.4) is 0 Å². The van der Waals surface area contributed by atoms with E-state index in [0.29, 0.717) is 5.56 Å². The molecule has 0 saturated heterocycles. The van der Waals surface area contributed by atoms with Gasteiger partial charge in [-0.3, -0.25) is 4.79 Å². The number of aromatic amines is 1. The molecule has 4 heteroatoms. The normalized spacial score (nSPS) is 10.4. The summed E-state index contributed by atoms with van der Waals surface area (Å²) in [5.41, 5.74) is 3.38. The lowest BCUT2D eigenvalue weighted by Crippen LogP contribution is -2.26. The number of carbonyl (C=O) groups is 1. The fourth-order valence-corrected chi connectivity index (χ4v) is 1.80. The fraction of sp³-hybridized carbons (Fsp3) is 0.214. The molecule has 0 aliphatic heterocycles. The standard InChI is InChI=1S/C14H16N2O2/c1-9-10(2)15-8-13(9)14(18)16(3)11-4-6-12(17)7-5-11/h4-8,15,17H,1-3H3. The van der Waals surface area contributed by atoms with Crippen LogP contribution in [0.1, 0.15) is 21.6 Å². The van der Waals surface area contributed by atoms with Crippen LogP contribution in [-0.4, -0.2) is 23.0 Å². The molecule has 0 fully saturated rings. The Kier molecular flexibility index (Phi) is 3.10. The van der Waals surface area contributed by atoms with Gasteiger partial charge >= 0.3 is 0 Å². The van der Waals surface area contributed by atoms with Crippen LogP contribution >= 0.6 is 0 Å². The Labute approximate surface area is 106 Å². The highest BCUT2D eigenvalue weighted by molar-refractivity contribution is 6.06. The number of hydrogen-bond donors (Lipinski definition) is 2. The van der Waals surface area contributed by atoms with Crippen LogP contribution in [0.15, 0.2) is 30.5 Å². The fourth-order valence-electron chi connectivity index (χ4n) is 1.80. The maximum absolute atomic E-state index is 12.3. The number of phenolic OH excluding ortho intramolecular Hbond substituents is 1. The van der Waals surface area contributed by atoms with Crippen LogP contribution in [0, 0.1) is 13.8 Å². The molecule has 0 aliphatic rings. The smallest absolute Gasteiger partial charge is 0.259 e. The second-order valence-corrected chi connectivity index (χ2v) is 4.33. The molecule has 0 bridgehead atoms. The van der Waals surface area contributed by atoms with Crippen molar-refractivity contribution in [3.63, 3.8) is 0 Å². The third kappa shape index (κ3) is 2.09. The first-order chi connectivity index (χ1) is 8.50. The number of carbonyl (C=O) groups excluding carboxylic acids is 1. The number of amides is 1. The number of rotatable bonds is 2. The van der Waals surface area contributed by atoms with Gasteiger partial charge in [0.15, 0.2) is 0 Å². The van der Waals surface area contributed by atoms with Crippen LogP contribution in [0.4, 0.5) is 5.69 Å². The minimum absolute atomic E-state index is 0.0671. The third-order valence-electron chi connectivity index (χ3n) is 3.17. The summed E-state index contributed by atoms with van der Waals surface area (Å²) in [7, 11) is 1.72. The van der Waals surface area contributed by atoms with Gasteiger partial charge in [0.2, 0.25) is 0 Å². The Balaban J connectivity index is 2.29. The highest BCUT2D eigenvalue weighted by atomic mass is 16.3. The molecule has 1 aromatic heterocycles. The Morgan fingerprint density at radius 1 is 1.22 bits per heavy atom.